The SMILES string of the molecule is COc1ccc(S(=O)(=O)Nc2ccc(Nc3cc(C)ccc3C)nn2)c(C)c1. The third-order valence-corrected chi connectivity index (χ3v) is 5.75. The highest BCUT2D eigenvalue weighted by molar-refractivity contribution is 7.92. The van der Waals surface area contributed by atoms with Crippen molar-refractivity contribution < 1.29 is 13.2 Å². The molecule has 0 fully saturated rings. The van der Waals surface area contributed by atoms with E-state index in [4.69, 9.17) is 4.74 Å². The van der Waals surface area contributed by atoms with Gasteiger partial charge in [-0.05, 0) is 73.9 Å². The third kappa shape index (κ3) is 4.40. The fourth-order valence-electron chi connectivity index (χ4n) is 2.70. The van der Waals surface area contributed by atoms with E-state index in [2.05, 4.69) is 20.2 Å². The first-order valence-electron chi connectivity index (χ1n) is 8.64. The Morgan fingerprint density at radius 3 is 2.21 bits per heavy atom. The van der Waals surface area contributed by atoms with Gasteiger partial charge in [0.15, 0.2) is 11.6 Å². The first-order valence-corrected chi connectivity index (χ1v) is 10.1. The molecule has 8 heteroatoms. The number of benzene rings is 2. The second-order valence-corrected chi connectivity index (χ2v) is 8.13. The lowest BCUT2D eigenvalue weighted by atomic mass is 10.1. The van der Waals surface area contributed by atoms with E-state index in [1.807, 2.05) is 32.0 Å². The van der Waals surface area contributed by atoms with Crippen LogP contribution in [0, 0.1) is 20.8 Å². The normalized spacial score (nSPS) is 11.1. The number of sulfonamides is 1. The van der Waals surface area contributed by atoms with Crippen LogP contribution in [-0.2, 0) is 10.0 Å². The van der Waals surface area contributed by atoms with Crippen molar-refractivity contribution in [3.8, 4) is 5.75 Å². The summed E-state index contributed by atoms with van der Waals surface area (Å²) in [7, 11) is -2.25. The minimum Gasteiger partial charge on any atom is -0.497 e. The molecule has 0 atom stereocenters. The molecule has 0 saturated heterocycles. The van der Waals surface area contributed by atoms with Gasteiger partial charge in [0.1, 0.15) is 5.75 Å². The highest BCUT2D eigenvalue weighted by atomic mass is 32.2. The van der Waals surface area contributed by atoms with Crippen LogP contribution in [0.15, 0.2) is 53.4 Å². The molecule has 3 aromatic rings. The minimum atomic E-state index is -3.78. The Kier molecular flexibility index (Phi) is 5.51. The quantitative estimate of drug-likeness (QED) is 0.653. The zero-order valence-electron chi connectivity index (χ0n) is 16.1. The summed E-state index contributed by atoms with van der Waals surface area (Å²) >= 11 is 0. The number of anilines is 3. The fourth-order valence-corrected chi connectivity index (χ4v) is 3.93. The van der Waals surface area contributed by atoms with E-state index < -0.39 is 10.0 Å². The Balaban J connectivity index is 1.77. The standard InChI is InChI=1S/C20H22N4O3S/c1-13-5-6-14(2)17(11-13)21-19-9-10-20(23-22-19)24-28(25,26)18-8-7-16(27-4)12-15(18)3/h5-12H,1-4H3,(H,21,22)(H,23,24). The third-order valence-electron chi connectivity index (χ3n) is 4.23. The van der Waals surface area contributed by atoms with Crippen LogP contribution in [0.1, 0.15) is 16.7 Å². The summed E-state index contributed by atoms with van der Waals surface area (Å²) in [4.78, 5) is 0.160. The summed E-state index contributed by atoms with van der Waals surface area (Å²) in [5.74, 6) is 1.26. The van der Waals surface area contributed by atoms with Crippen LogP contribution in [-0.4, -0.2) is 25.7 Å². The molecule has 2 N–H and O–H groups in total. The Labute approximate surface area is 164 Å². The lowest BCUT2D eigenvalue weighted by molar-refractivity contribution is 0.414. The van der Waals surface area contributed by atoms with Crippen LogP contribution in [0.25, 0.3) is 0 Å². The predicted molar refractivity (Wildman–Crippen MR) is 110 cm³/mol. The smallest absolute Gasteiger partial charge is 0.263 e. The minimum absolute atomic E-state index is 0.140. The van der Waals surface area contributed by atoms with Gasteiger partial charge in [-0.15, -0.1) is 10.2 Å². The van der Waals surface area contributed by atoms with E-state index in [0.717, 1.165) is 16.8 Å². The number of methoxy groups -OCH3 is 1. The largest absolute Gasteiger partial charge is 0.497 e. The number of ether oxygens (including phenoxy) is 1. The monoisotopic (exact) mass is 398 g/mol. The summed E-state index contributed by atoms with van der Waals surface area (Å²) in [5.41, 5.74) is 3.71. The molecule has 7 nitrogen and oxygen atoms in total. The first-order chi connectivity index (χ1) is 13.3. The topological polar surface area (TPSA) is 93.2 Å². The van der Waals surface area contributed by atoms with Crippen LogP contribution in [0.4, 0.5) is 17.3 Å². The molecule has 28 heavy (non-hydrogen) atoms. The zero-order valence-corrected chi connectivity index (χ0v) is 17.0. The molecule has 0 spiro atoms. The van der Waals surface area contributed by atoms with Gasteiger partial charge in [-0.25, -0.2) is 8.42 Å². The van der Waals surface area contributed by atoms with Crippen molar-refractivity contribution in [2.45, 2.75) is 25.7 Å². The Morgan fingerprint density at radius 1 is 0.857 bits per heavy atom. The molecule has 0 aliphatic carbocycles. The van der Waals surface area contributed by atoms with Gasteiger partial charge in [-0.1, -0.05) is 12.1 Å². The molecule has 1 heterocycles. The number of hydrogen-bond acceptors (Lipinski definition) is 6. The van der Waals surface area contributed by atoms with Gasteiger partial charge < -0.3 is 10.1 Å². The van der Waals surface area contributed by atoms with Gasteiger partial charge in [0.05, 0.1) is 12.0 Å². The molecular formula is C20H22N4O3S. The van der Waals surface area contributed by atoms with Crippen molar-refractivity contribution in [2.75, 3.05) is 17.1 Å². The van der Waals surface area contributed by atoms with Gasteiger partial charge in [-0.3, -0.25) is 4.72 Å². The van der Waals surface area contributed by atoms with Crippen molar-refractivity contribution >= 4 is 27.3 Å². The van der Waals surface area contributed by atoms with Crippen LogP contribution in [0.2, 0.25) is 0 Å². The maximum absolute atomic E-state index is 12.6. The summed E-state index contributed by atoms with van der Waals surface area (Å²) in [5, 5.41) is 11.2. The highest BCUT2D eigenvalue weighted by Crippen LogP contribution is 2.24. The summed E-state index contributed by atoms with van der Waals surface area (Å²) in [6.45, 7) is 5.71. The van der Waals surface area contributed by atoms with Gasteiger partial charge in [0.2, 0.25) is 0 Å². The van der Waals surface area contributed by atoms with Crippen LogP contribution >= 0.6 is 0 Å². The van der Waals surface area contributed by atoms with Gasteiger partial charge in [0, 0.05) is 5.69 Å². The highest BCUT2D eigenvalue weighted by Gasteiger charge is 2.18. The lowest BCUT2D eigenvalue weighted by Gasteiger charge is -2.12. The molecule has 0 bridgehead atoms. The van der Waals surface area contributed by atoms with E-state index >= 15 is 0 Å². The van der Waals surface area contributed by atoms with Crippen molar-refractivity contribution in [1.82, 2.24) is 10.2 Å². The second kappa shape index (κ2) is 7.85. The average molecular weight is 398 g/mol. The maximum atomic E-state index is 12.6. The molecule has 0 radical (unpaired) electrons. The Bertz CT molecular complexity index is 1100. The fraction of sp³-hybridized carbons (Fsp3) is 0.200. The second-order valence-electron chi connectivity index (χ2n) is 6.48. The van der Waals surface area contributed by atoms with Crippen LogP contribution in [0.5, 0.6) is 5.75 Å². The van der Waals surface area contributed by atoms with Crippen molar-refractivity contribution in [3.63, 3.8) is 0 Å². The number of aromatic nitrogens is 2. The summed E-state index contributed by atoms with van der Waals surface area (Å²) < 4.78 is 32.9. The maximum Gasteiger partial charge on any atom is 0.263 e. The molecular weight excluding hydrogens is 376 g/mol. The van der Waals surface area contributed by atoms with Gasteiger partial charge in [0.25, 0.3) is 10.0 Å². The number of nitrogens with zero attached hydrogens (tertiary/aromatic N) is 2. The van der Waals surface area contributed by atoms with Crippen molar-refractivity contribution in [2.24, 2.45) is 0 Å². The molecule has 0 aliphatic heterocycles. The van der Waals surface area contributed by atoms with Crippen molar-refractivity contribution in [1.29, 1.82) is 0 Å². The number of rotatable bonds is 6. The first kappa shape index (κ1) is 19.6. The predicted octanol–water partition coefficient (Wildman–Crippen LogP) is 3.95. The van der Waals surface area contributed by atoms with Crippen LogP contribution < -0.4 is 14.8 Å². The molecule has 3 rings (SSSR count). The Hall–Kier alpha value is -3.13. The molecule has 146 valence electrons. The van der Waals surface area contributed by atoms with Crippen molar-refractivity contribution in [3.05, 3.63) is 65.2 Å². The molecule has 0 amide bonds. The zero-order chi connectivity index (χ0) is 20.3. The molecule has 0 unspecified atom stereocenters. The summed E-state index contributed by atoms with van der Waals surface area (Å²) in [6.07, 6.45) is 0. The number of nitrogens with one attached hydrogen (secondary N) is 2. The average Bonchev–Trinajstić information content (AvgIpc) is 2.65. The number of aryl methyl sites for hydroxylation is 3. The van der Waals surface area contributed by atoms with E-state index in [9.17, 15) is 8.42 Å². The van der Waals surface area contributed by atoms with Gasteiger partial charge >= 0.3 is 0 Å². The molecule has 0 aliphatic rings. The number of hydrogen-bond donors (Lipinski definition) is 2. The van der Waals surface area contributed by atoms with Crippen LogP contribution in [0.3, 0.4) is 0 Å². The van der Waals surface area contributed by atoms with E-state index in [0.29, 0.717) is 17.1 Å². The lowest BCUT2D eigenvalue weighted by Crippen LogP contribution is -2.15. The van der Waals surface area contributed by atoms with Gasteiger partial charge in [-0.2, -0.15) is 0 Å². The van der Waals surface area contributed by atoms with E-state index in [1.54, 1.807) is 31.2 Å². The molecule has 0 saturated carbocycles. The summed E-state index contributed by atoms with van der Waals surface area (Å²) in [6, 6.07) is 14.1. The molecule has 2 aromatic carbocycles. The Morgan fingerprint density at radius 2 is 1.57 bits per heavy atom. The van der Waals surface area contributed by atoms with E-state index in [1.165, 1.54) is 13.2 Å². The van der Waals surface area contributed by atoms with E-state index in [-0.39, 0.29) is 10.7 Å². The molecule has 1 aromatic heterocycles.